The molecule has 3 fully saturated rings. The van der Waals surface area contributed by atoms with E-state index in [1.165, 1.54) is 45.3 Å². The van der Waals surface area contributed by atoms with Gasteiger partial charge in [-0.1, -0.05) is 6.92 Å². The van der Waals surface area contributed by atoms with Crippen LogP contribution in [0.5, 0.6) is 0 Å². The fourth-order valence-electron chi connectivity index (χ4n) is 4.62. The van der Waals surface area contributed by atoms with Crippen LogP contribution in [0.3, 0.4) is 0 Å². The molecule has 0 aliphatic carbocycles. The van der Waals surface area contributed by atoms with Crippen molar-refractivity contribution in [2.24, 2.45) is 5.92 Å². The molecular weight excluding hydrogens is 240 g/mol. The number of carboxylic acids is 1. The first-order valence-corrected chi connectivity index (χ1v) is 7.93. The van der Waals surface area contributed by atoms with Gasteiger partial charge in [0.05, 0.1) is 5.92 Å². The van der Waals surface area contributed by atoms with E-state index in [-0.39, 0.29) is 5.92 Å². The van der Waals surface area contributed by atoms with E-state index in [4.69, 9.17) is 0 Å². The van der Waals surface area contributed by atoms with E-state index in [1.807, 2.05) is 0 Å². The minimum atomic E-state index is -0.569. The van der Waals surface area contributed by atoms with Crippen LogP contribution >= 0.6 is 0 Å². The van der Waals surface area contributed by atoms with Crippen molar-refractivity contribution in [1.82, 2.24) is 9.80 Å². The van der Waals surface area contributed by atoms with Gasteiger partial charge < -0.3 is 10.0 Å². The highest BCUT2D eigenvalue weighted by Crippen LogP contribution is 2.44. The van der Waals surface area contributed by atoms with Crippen LogP contribution < -0.4 is 0 Å². The summed E-state index contributed by atoms with van der Waals surface area (Å²) in [6.07, 6.45) is 6.94. The smallest absolute Gasteiger partial charge is 0.308 e. The molecule has 3 atom stereocenters. The number of fused-ring (bicyclic) bond motifs is 2. The molecule has 0 amide bonds. The molecule has 3 rings (SSSR count). The largest absolute Gasteiger partial charge is 0.481 e. The number of carbonyl (C=O) groups is 1. The van der Waals surface area contributed by atoms with E-state index in [1.54, 1.807) is 0 Å². The van der Waals surface area contributed by atoms with Gasteiger partial charge in [-0.2, -0.15) is 0 Å². The molecule has 0 aromatic heterocycles. The normalized spacial score (nSPS) is 37.0. The molecule has 0 aromatic rings. The third-order valence-corrected chi connectivity index (χ3v) is 5.43. The second-order valence-electron chi connectivity index (χ2n) is 6.50. The highest BCUT2D eigenvalue weighted by molar-refractivity contribution is 5.71. The Morgan fingerprint density at radius 1 is 1.16 bits per heavy atom. The van der Waals surface area contributed by atoms with Gasteiger partial charge in [0, 0.05) is 18.1 Å². The fraction of sp³-hybridized carbons (Fsp3) is 0.933. The Kier molecular flexibility index (Phi) is 3.81. The number of piperidine rings is 1. The summed E-state index contributed by atoms with van der Waals surface area (Å²) in [7, 11) is 0. The van der Waals surface area contributed by atoms with Crippen molar-refractivity contribution in [3.63, 3.8) is 0 Å². The third kappa shape index (κ3) is 2.40. The lowest BCUT2D eigenvalue weighted by atomic mass is 9.89. The Morgan fingerprint density at radius 3 is 2.47 bits per heavy atom. The van der Waals surface area contributed by atoms with Crippen LogP contribution in [0.1, 0.15) is 45.4 Å². The Hall–Kier alpha value is -0.610. The summed E-state index contributed by atoms with van der Waals surface area (Å²) in [5.41, 5.74) is 0. The molecule has 3 aliphatic rings. The van der Waals surface area contributed by atoms with Crippen LogP contribution in [0.15, 0.2) is 0 Å². The van der Waals surface area contributed by atoms with Gasteiger partial charge in [0.2, 0.25) is 0 Å². The van der Waals surface area contributed by atoms with E-state index >= 15 is 0 Å². The average Bonchev–Trinajstić information content (AvgIpc) is 2.97. The summed E-state index contributed by atoms with van der Waals surface area (Å²) in [5, 5.41) is 9.33. The number of hydrogen-bond donors (Lipinski definition) is 1. The lowest BCUT2D eigenvalue weighted by Gasteiger charge is -2.39. The average molecular weight is 266 g/mol. The predicted molar refractivity (Wildman–Crippen MR) is 74.1 cm³/mol. The Balaban J connectivity index is 1.60. The molecule has 3 aliphatic heterocycles. The van der Waals surface area contributed by atoms with Gasteiger partial charge in [-0.3, -0.25) is 9.69 Å². The van der Waals surface area contributed by atoms with Gasteiger partial charge in [-0.15, -0.1) is 0 Å². The van der Waals surface area contributed by atoms with Crippen LogP contribution in [-0.4, -0.2) is 58.6 Å². The first kappa shape index (κ1) is 13.4. The van der Waals surface area contributed by atoms with Gasteiger partial charge in [-0.05, 0) is 58.2 Å². The van der Waals surface area contributed by atoms with Crippen molar-refractivity contribution < 1.29 is 9.90 Å². The predicted octanol–water partition coefficient (Wildman–Crippen LogP) is 1.80. The van der Waals surface area contributed by atoms with Gasteiger partial charge in [0.1, 0.15) is 0 Å². The van der Waals surface area contributed by atoms with Crippen molar-refractivity contribution in [3.8, 4) is 0 Å². The SMILES string of the molecule is CCCN1CCC(N2C3CCC2C(C(=O)O)C3)CC1. The zero-order valence-electron chi connectivity index (χ0n) is 11.9. The fourth-order valence-corrected chi connectivity index (χ4v) is 4.62. The summed E-state index contributed by atoms with van der Waals surface area (Å²) in [4.78, 5) is 16.5. The molecule has 0 aromatic carbocycles. The van der Waals surface area contributed by atoms with E-state index in [0.717, 1.165) is 12.8 Å². The highest BCUT2D eigenvalue weighted by Gasteiger charge is 2.51. The molecule has 1 N–H and O–H groups in total. The minimum absolute atomic E-state index is 0.0904. The molecule has 108 valence electrons. The van der Waals surface area contributed by atoms with Crippen molar-refractivity contribution in [2.75, 3.05) is 19.6 Å². The number of hydrogen-bond acceptors (Lipinski definition) is 3. The first-order chi connectivity index (χ1) is 9.20. The zero-order chi connectivity index (χ0) is 13.4. The summed E-state index contributed by atoms with van der Waals surface area (Å²) < 4.78 is 0. The van der Waals surface area contributed by atoms with Gasteiger partial charge in [0.15, 0.2) is 0 Å². The lowest BCUT2D eigenvalue weighted by molar-refractivity contribution is -0.142. The van der Waals surface area contributed by atoms with Crippen LogP contribution in [0, 0.1) is 5.92 Å². The molecule has 3 heterocycles. The standard InChI is InChI=1S/C15H26N2O2/c1-2-7-16-8-5-11(6-9-16)17-12-3-4-14(17)13(10-12)15(18)19/h11-14H,2-10H2,1H3,(H,18,19). The monoisotopic (exact) mass is 266 g/mol. The van der Waals surface area contributed by atoms with Crippen LogP contribution in [0.2, 0.25) is 0 Å². The molecule has 4 nitrogen and oxygen atoms in total. The maximum absolute atomic E-state index is 11.3. The number of nitrogens with zero attached hydrogens (tertiary/aromatic N) is 2. The molecule has 0 saturated carbocycles. The van der Waals surface area contributed by atoms with Crippen molar-refractivity contribution >= 4 is 5.97 Å². The van der Waals surface area contributed by atoms with Crippen LogP contribution in [0.25, 0.3) is 0 Å². The zero-order valence-corrected chi connectivity index (χ0v) is 11.9. The summed E-state index contributed by atoms with van der Waals surface area (Å²) in [6.45, 7) is 5.86. The van der Waals surface area contributed by atoms with Crippen LogP contribution in [-0.2, 0) is 4.79 Å². The maximum atomic E-state index is 11.3. The Labute approximate surface area is 115 Å². The number of carboxylic acid groups (broad SMARTS) is 1. The van der Waals surface area contributed by atoms with E-state index in [2.05, 4.69) is 16.7 Å². The molecule has 19 heavy (non-hydrogen) atoms. The highest BCUT2D eigenvalue weighted by atomic mass is 16.4. The molecule has 0 spiro atoms. The lowest BCUT2D eigenvalue weighted by Crippen LogP contribution is -2.47. The molecule has 3 unspecified atom stereocenters. The van der Waals surface area contributed by atoms with E-state index in [9.17, 15) is 9.90 Å². The topological polar surface area (TPSA) is 43.8 Å². The van der Waals surface area contributed by atoms with Crippen molar-refractivity contribution in [3.05, 3.63) is 0 Å². The van der Waals surface area contributed by atoms with Crippen molar-refractivity contribution in [1.29, 1.82) is 0 Å². The summed E-state index contributed by atoms with van der Waals surface area (Å²) in [6, 6.07) is 1.55. The molecule has 0 radical (unpaired) electrons. The van der Waals surface area contributed by atoms with Crippen LogP contribution in [0.4, 0.5) is 0 Å². The van der Waals surface area contributed by atoms with E-state index in [0.29, 0.717) is 18.1 Å². The van der Waals surface area contributed by atoms with Gasteiger partial charge in [0.25, 0.3) is 0 Å². The summed E-state index contributed by atoms with van der Waals surface area (Å²) in [5.74, 6) is -0.659. The minimum Gasteiger partial charge on any atom is -0.481 e. The third-order valence-electron chi connectivity index (χ3n) is 5.43. The quantitative estimate of drug-likeness (QED) is 0.842. The maximum Gasteiger partial charge on any atom is 0.308 e. The number of likely N-dealkylation sites (tertiary alicyclic amines) is 1. The molecule has 2 bridgehead atoms. The Morgan fingerprint density at radius 2 is 1.89 bits per heavy atom. The summed E-state index contributed by atoms with van der Waals surface area (Å²) >= 11 is 0. The molecular formula is C15H26N2O2. The first-order valence-electron chi connectivity index (χ1n) is 7.93. The van der Waals surface area contributed by atoms with Gasteiger partial charge >= 0.3 is 5.97 Å². The second-order valence-corrected chi connectivity index (χ2v) is 6.50. The Bertz CT molecular complexity index is 339. The number of rotatable bonds is 4. The van der Waals surface area contributed by atoms with Gasteiger partial charge in [-0.25, -0.2) is 0 Å². The molecule has 4 heteroatoms. The van der Waals surface area contributed by atoms with E-state index < -0.39 is 5.97 Å². The van der Waals surface area contributed by atoms with Crippen molar-refractivity contribution in [2.45, 2.75) is 63.6 Å². The second kappa shape index (κ2) is 5.41. The molecule has 3 saturated heterocycles. The number of aliphatic carboxylic acids is 1.